The monoisotopic (exact) mass is 290 g/mol. The van der Waals surface area contributed by atoms with Gasteiger partial charge in [-0.15, -0.1) is 0 Å². The lowest BCUT2D eigenvalue weighted by molar-refractivity contribution is -0.142. The second kappa shape index (κ2) is 3.04. The van der Waals surface area contributed by atoms with Crippen molar-refractivity contribution < 1.29 is 13.2 Å². The molecule has 0 spiro atoms. The minimum absolute atomic E-state index is 0.269. The number of aromatic nitrogens is 2. The Bertz CT molecular complexity index is 345. The summed E-state index contributed by atoms with van der Waals surface area (Å²) in [6.45, 7) is 0. The van der Waals surface area contributed by atoms with Crippen molar-refractivity contribution in [2.24, 2.45) is 0 Å². The molecular weight excluding hydrogens is 288 g/mol. The second-order valence-corrected chi connectivity index (χ2v) is 3.07. The maximum atomic E-state index is 11.9. The predicted octanol–water partition coefficient (Wildman–Crippen LogP) is 1.39. The summed E-state index contributed by atoms with van der Waals surface area (Å²) in [4.78, 5) is 15.6. The van der Waals surface area contributed by atoms with Gasteiger partial charge >= 0.3 is 6.18 Å². The smallest absolute Gasteiger partial charge is 0.314 e. The molecule has 12 heavy (non-hydrogen) atoms. The van der Waals surface area contributed by atoms with Crippen molar-refractivity contribution in [3.63, 3.8) is 0 Å². The van der Waals surface area contributed by atoms with Crippen molar-refractivity contribution in [1.29, 1.82) is 0 Å². The first kappa shape index (κ1) is 9.49. The van der Waals surface area contributed by atoms with Crippen molar-refractivity contribution in [2.75, 3.05) is 0 Å². The van der Waals surface area contributed by atoms with Gasteiger partial charge in [0.25, 0.3) is 5.56 Å². The lowest BCUT2D eigenvalue weighted by Gasteiger charge is -2.02. The number of aromatic amines is 1. The highest BCUT2D eigenvalue weighted by molar-refractivity contribution is 14.1. The zero-order chi connectivity index (χ0) is 9.35. The fraction of sp³-hybridized carbons (Fsp3) is 0.200. The van der Waals surface area contributed by atoms with Crippen LogP contribution in [0.4, 0.5) is 13.2 Å². The number of rotatable bonds is 0. The highest BCUT2D eigenvalue weighted by Crippen LogP contribution is 2.24. The van der Waals surface area contributed by atoms with Gasteiger partial charge in [0.05, 0.1) is 9.90 Å². The summed E-state index contributed by atoms with van der Waals surface area (Å²) in [5, 5.41) is 0. The molecule has 0 saturated carbocycles. The molecule has 0 aliphatic carbocycles. The van der Waals surface area contributed by atoms with E-state index in [9.17, 15) is 18.0 Å². The largest absolute Gasteiger partial charge is 0.438 e. The standard InChI is InChI=1S/C5H2F3IN2O/c6-5(7,8)3-4(12)11-2(9)1-10-3/h1H,(H,11,12). The molecule has 1 rings (SSSR count). The van der Waals surface area contributed by atoms with E-state index < -0.39 is 17.4 Å². The molecular formula is C5H2F3IN2O. The van der Waals surface area contributed by atoms with Gasteiger partial charge in [0.2, 0.25) is 5.69 Å². The lowest BCUT2D eigenvalue weighted by Crippen LogP contribution is -2.23. The normalized spacial score (nSPS) is 11.7. The van der Waals surface area contributed by atoms with Gasteiger partial charge in [-0.2, -0.15) is 13.2 Å². The number of nitrogens with zero attached hydrogens (tertiary/aromatic N) is 1. The third-order valence-electron chi connectivity index (χ3n) is 1.02. The van der Waals surface area contributed by atoms with E-state index in [1.54, 1.807) is 22.6 Å². The summed E-state index contributed by atoms with van der Waals surface area (Å²) in [5.41, 5.74) is -2.63. The number of halogens is 4. The molecule has 0 amide bonds. The van der Waals surface area contributed by atoms with E-state index in [1.165, 1.54) is 0 Å². The van der Waals surface area contributed by atoms with E-state index in [1.807, 2.05) is 4.98 Å². The van der Waals surface area contributed by atoms with Crippen molar-refractivity contribution >= 4 is 22.6 Å². The Morgan fingerprint density at radius 3 is 2.50 bits per heavy atom. The first-order chi connectivity index (χ1) is 5.41. The van der Waals surface area contributed by atoms with Crippen molar-refractivity contribution in [3.05, 3.63) is 25.9 Å². The van der Waals surface area contributed by atoms with Crippen molar-refractivity contribution in [1.82, 2.24) is 9.97 Å². The van der Waals surface area contributed by atoms with Crippen LogP contribution in [0.15, 0.2) is 11.0 Å². The van der Waals surface area contributed by atoms with Crippen LogP contribution in [-0.2, 0) is 6.18 Å². The molecule has 0 atom stereocenters. The Hall–Kier alpha value is -0.600. The average molecular weight is 290 g/mol. The van der Waals surface area contributed by atoms with Gasteiger partial charge in [-0.05, 0) is 22.6 Å². The van der Waals surface area contributed by atoms with Crippen LogP contribution in [0.5, 0.6) is 0 Å². The molecule has 0 unspecified atom stereocenters. The SMILES string of the molecule is O=c1[nH]c(I)cnc1C(F)(F)F. The molecule has 0 bridgehead atoms. The molecule has 0 aliphatic heterocycles. The third-order valence-corrected chi connectivity index (χ3v) is 1.57. The van der Waals surface area contributed by atoms with Crippen LogP contribution in [0, 0.1) is 3.70 Å². The van der Waals surface area contributed by atoms with E-state index >= 15 is 0 Å². The lowest BCUT2D eigenvalue weighted by atomic mass is 10.4. The first-order valence-corrected chi connectivity index (χ1v) is 3.81. The van der Waals surface area contributed by atoms with Crippen LogP contribution < -0.4 is 5.56 Å². The number of alkyl halides is 3. The van der Waals surface area contributed by atoms with Gasteiger partial charge in [-0.1, -0.05) is 0 Å². The Labute approximate surface area is 78.2 Å². The summed E-state index contributed by atoms with van der Waals surface area (Å²) in [5.74, 6) is 0. The van der Waals surface area contributed by atoms with Gasteiger partial charge in [0, 0.05) is 0 Å². The molecule has 3 nitrogen and oxygen atoms in total. The molecule has 0 radical (unpaired) electrons. The van der Waals surface area contributed by atoms with Crippen LogP contribution >= 0.6 is 22.6 Å². The molecule has 1 N–H and O–H groups in total. The molecule has 1 aromatic heterocycles. The van der Waals surface area contributed by atoms with Gasteiger partial charge in [-0.3, -0.25) is 4.79 Å². The summed E-state index contributed by atoms with van der Waals surface area (Å²) in [6, 6.07) is 0. The highest BCUT2D eigenvalue weighted by Gasteiger charge is 2.35. The highest BCUT2D eigenvalue weighted by atomic mass is 127. The summed E-state index contributed by atoms with van der Waals surface area (Å²) < 4.78 is 36.0. The molecule has 7 heteroatoms. The van der Waals surface area contributed by atoms with E-state index in [-0.39, 0.29) is 3.70 Å². The molecule has 1 heterocycles. The first-order valence-electron chi connectivity index (χ1n) is 2.73. The second-order valence-electron chi connectivity index (χ2n) is 1.91. The average Bonchev–Trinajstić information content (AvgIpc) is 1.83. The molecule has 0 aliphatic rings. The zero-order valence-corrected chi connectivity index (χ0v) is 7.60. The number of nitrogens with one attached hydrogen (secondary N) is 1. The number of hydrogen-bond donors (Lipinski definition) is 1. The van der Waals surface area contributed by atoms with Crippen LogP contribution in [0.25, 0.3) is 0 Å². The van der Waals surface area contributed by atoms with Crippen LogP contribution in [0.3, 0.4) is 0 Å². The third kappa shape index (κ3) is 1.96. The fourth-order valence-corrected chi connectivity index (χ4v) is 0.966. The Kier molecular flexibility index (Phi) is 2.40. The maximum Gasteiger partial charge on any atom is 0.438 e. The van der Waals surface area contributed by atoms with Gasteiger partial charge in [-0.25, -0.2) is 4.98 Å². The maximum absolute atomic E-state index is 11.9. The molecule has 1 aromatic rings. The van der Waals surface area contributed by atoms with E-state index in [4.69, 9.17) is 0 Å². The Balaban J connectivity index is 3.29. The summed E-state index contributed by atoms with van der Waals surface area (Å²) >= 11 is 1.66. The van der Waals surface area contributed by atoms with E-state index in [0.29, 0.717) is 0 Å². The Morgan fingerprint density at radius 2 is 2.08 bits per heavy atom. The predicted molar refractivity (Wildman–Crippen MR) is 42.6 cm³/mol. The summed E-state index contributed by atoms with van der Waals surface area (Å²) in [7, 11) is 0. The minimum Gasteiger partial charge on any atom is -0.314 e. The van der Waals surface area contributed by atoms with Gasteiger partial charge in [0.15, 0.2) is 0 Å². The van der Waals surface area contributed by atoms with Gasteiger partial charge < -0.3 is 4.98 Å². The zero-order valence-electron chi connectivity index (χ0n) is 5.44. The van der Waals surface area contributed by atoms with Gasteiger partial charge in [0.1, 0.15) is 0 Å². The van der Waals surface area contributed by atoms with Crippen LogP contribution in [-0.4, -0.2) is 9.97 Å². The molecule has 0 aromatic carbocycles. The van der Waals surface area contributed by atoms with Crippen molar-refractivity contribution in [3.8, 4) is 0 Å². The van der Waals surface area contributed by atoms with Crippen LogP contribution in [0.1, 0.15) is 5.69 Å². The quantitative estimate of drug-likeness (QED) is 0.734. The number of hydrogen-bond acceptors (Lipinski definition) is 2. The molecule has 0 fully saturated rings. The summed E-state index contributed by atoms with van der Waals surface area (Å²) in [6.07, 6.45) is -3.73. The number of H-pyrrole nitrogens is 1. The minimum atomic E-state index is -4.68. The van der Waals surface area contributed by atoms with E-state index in [0.717, 1.165) is 6.20 Å². The topological polar surface area (TPSA) is 45.8 Å². The van der Waals surface area contributed by atoms with E-state index in [2.05, 4.69) is 4.98 Å². The van der Waals surface area contributed by atoms with Crippen molar-refractivity contribution in [2.45, 2.75) is 6.18 Å². The fourth-order valence-electron chi connectivity index (χ4n) is 0.582. The molecule has 0 saturated heterocycles. The molecule has 66 valence electrons. The Morgan fingerprint density at radius 1 is 1.50 bits per heavy atom. The van der Waals surface area contributed by atoms with Crippen LogP contribution in [0.2, 0.25) is 0 Å².